The van der Waals surface area contributed by atoms with E-state index in [9.17, 15) is 18.0 Å². The van der Waals surface area contributed by atoms with Gasteiger partial charge in [-0.2, -0.15) is 0 Å². The molecule has 8 nitrogen and oxygen atoms in total. The standard InChI is InChI=1S/C26H36N2O6S/c1-19(25(29)27-35(5,31)32)11-9-15-28(16-10-14-21-12-7-6-8-13-21)26(30)22-17-23(33-3)20(2)24(18-22)34-4/h6-8,12-13,17-19H,9-11,14-16H2,1-5H3,(H,27,29). The van der Waals surface area contributed by atoms with Crippen molar-refractivity contribution < 1.29 is 27.5 Å². The highest BCUT2D eigenvalue weighted by Gasteiger charge is 2.21. The van der Waals surface area contributed by atoms with Gasteiger partial charge < -0.3 is 14.4 Å². The van der Waals surface area contributed by atoms with Crippen molar-refractivity contribution in [3.8, 4) is 11.5 Å². The molecule has 9 heteroatoms. The Morgan fingerprint density at radius 1 is 1.00 bits per heavy atom. The molecule has 0 aliphatic rings. The van der Waals surface area contributed by atoms with Gasteiger partial charge in [-0.15, -0.1) is 0 Å². The summed E-state index contributed by atoms with van der Waals surface area (Å²) in [4.78, 5) is 27.4. The van der Waals surface area contributed by atoms with Crippen molar-refractivity contribution in [3.05, 3.63) is 59.2 Å². The summed E-state index contributed by atoms with van der Waals surface area (Å²) in [5.41, 5.74) is 2.48. The number of hydrogen-bond donors (Lipinski definition) is 1. The normalized spacial score (nSPS) is 12.0. The van der Waals surface area contributed by atoms with Crippen LogP contribution in [0.5, 0.6) is 11.5 Å². The molecular formula is C26H36N2O6S. The molecule has 0 saturated heterocycles. The maximum absolute atomic E-state index is 13.5. The molecule has 1 atom stereocenters. The Morgan fingerprint density at radius 3 is 2.11 bits per heavy atom. The average molecular weight is 505 g/mol. The lowest BCUT2D eigenvalue weighted by atomic mass is 10.0. The fourth-order valence-electron chi connectivity index (χ4n) is 3.83. The van der Waals surface area contributed by atoms with E-state index in [1.807, 2.05) is 29.8 Å². The molecule has 0 radical (unpaired) electrons. The quantitative estimate of drug-likeness (QED) is 0.447. The number of nitrogens with zero attached hydrogens (tertiary/aromatic N) is 1. The van der Waals surface area contributed by atoms with Gasteiger partial charge in [0.25, 0.3) is 5.91 Å². The van der Waals surface area contributed by atoms with E-state index in [4.69, 9.17) is 9.47 Å². The second kappa shape index (κ2) is 13.1. The number of ether oxygens (including phenoxy) is 2. The minimum atomic E-state index is -3.60. The first-order valence-electron chi connectivity index (χ1n) is 11.6. The highest BCUT2D eigenvalue weighted by atomic mass is 32.2. The van der Waals surface area contributed by atoms with E-state index in [0.717, 1.165) is 24.7 Å². The van der Waals surface area contributed by atoms with E-state index in [1.54, 1.807) is 38.2 Å². The number of rotatable bonds is 13. The van der Waals surface area contributed by atoms with Crippen LogP contribution in [0.25, 0.3) is 0 Å². The third-order valence-corrected chi connectivity index (χ3v) is 6.39. The first-order chi connectivity index (χ1) is 16.6. The minimum absolute atomic E-state index is 0.150. The molecule has 35 heavy (non-hydrogen) atoms. The van der Waals surface area contributed by atoms with E-state index in [1.165, 1.54) is 5.56 Å². The molecule has 2 aromatic rings. The largest absolute Gasteiger partial charge is 0.496 e. The highest BCUT2D eigenvalue weighted by Crippen LogP contribution is 2.30. The number of aryl methyl sites for hydroxylation is 1. The van der Waals surface area contributed by atoms with Gasteiger partial charge in [0, 0.05) is 30.1 Å². The van der Waals surface area contributed by atoms with Gasteiger partial charge in [0.05, 0.1) is 20.5 Å². The van der Waals surface area contributed by atoms with Crippen molar-refractivity contribution in [2.24, 2.45) is 5.92 Å². The number of nitrogens with one attached hydrogen (secondary N) is 1. The van der Waals surface area contributed by atoms with Gasteiger partial charge in [0.2, 0.25) is 15.9 Å². The topological polar surface area (TPSA) is 102 Å². The zero-order chi connectivity index (χ0) is 26.0. The van der Waals surface area contributed by atoms with Gasteiger partial charge in [0.1, 0.15) is 11.5 Å². The smallest absolute Gasteiger partial charge is 0.254 e. The Bertz CT molecular complexity index is 1080. The van der Waals surface area contributed by atoms with Crippen molar-refractivity contribution in [1.82, 2.24) is 9.62 Å². The fraction of sp³-hybridized carbons (Fsp3) is 0.462. The summed E-state index contributed by atoms with van der Waals surface area (Å²) < 4.78 is 35.5. The number of sulfonamides is 1. The maximum Gasteiger partial charge on any atom is 0.254 e. The van der Waals surface area contributed by atoms with Crippen LogP contribution in [-0.4, -0.2) is 58.7 Å². The SMILES string of the molecule is COc1cc(C(=O)N(CCCc2ccccc2)CCCC(C)C(=O)NS(C)(=O)=O)cc(OC)c1C. The number of carbonyl (C=O) groups is 2. The minimum Gasteiger partial charge on any atom is -0.496 e. The summed E-state index contributed by atoms with van der Waals surface area (Å²) >= 11 is 0. The lowest BCUT2D eigenvalue weighted by molar-refractivity contribution is -0.122. The zero-order valence-corrected chi connectivity index (χ0v) is 22.0. The molecule has 2 aromatic carbocycles. The van der Waals surface area contributed by atoms with Crippen LogP contribution < -0.4 is 14.2 Å². The summed E-state index contributed by atoms with van der Waals surface area (Å²) in [6, 6.07) is 13.5. The second-order valence-corrected chi connectivity index (χ2v) is 10.4. The Balaban J connectivity index is 2.13. The fourth-order valence-corrected chi connectivity index (χ4v) is 4.40. The predicted molar refractivity (Wildman–Crippen MR) is 136 cm³/mol. The van der Waals surface area contributed by atoms with E-state index in [2.05, 4.69) is 12.1 Å². The van der Waals surface area contributed by atoms with E-state index < -0.39 is 21.8 Å². The summed E-state index contributed by atoms with van der Waals surface area (Å²) in [7, 11) is -0.498. The van der Waals surface area contributed by atoms with E-state index in [-0.39, 0.29) is 5.91 Å². The van der Waals surface area contributed by atoms with Gasteiger partial charge in [-0.3, -0.25) is 14.3 Å². The van der Waals surface area contributed by atoms with Gasteiger partial charge in [-0.05, 0) is 50.3 Å². The molecule has 0 spiro atoms. The Morgan fingerprint density at radius 2 is 1.57 bits per heavy atom. The molecule has 0 aliphatic carbocycles. The van der Waals surface area contributed by atoms with Crippen molar-refractivity contribution in [2.75, 3.05) is 33.6 Å². The monoisotopic (exact) mass is 504 g/mol. The summed E-state index contributed by atoms with van der Waals surface area (Å²) in [5.74, 6) is -0.0399. The molecular weight excluding hydrogens is 468 g/mol. The molecule has 0 aromatic heterocycles. The van der Waals surface area contributed by atoms with E-state index in [0.29, 0.717) is 43.0 Å². The van der Waals surface area contributed by atoms with Crippen LogP contribution >= 0.6 is 0 Å². The average Bonchev–Trinajstić information content (AvgIpc) is 2.82. The summed E-state index contributed by atoms with van der Waals surface area (Å²) in [6.07, 6.45) is 3.56. The molecule has 1 unspecified atom stereocenters. The number of methoxy groups -OCH3 is 2. The number of carbonyl (C=O) groups excluding carboxylic acids is 2. The number of benzene rings is 2. The number of amides is 2. The zero-order valence-electron chi connectivity index (χ0n) is 21.2. The maximum atomic E-state index is 13.5. The molecule has 0 heterocycles. The third-order valence-electron chi connectivity index (χ3n) is 5.82. The molecule has 0 bridgehead atoms. The molecule has 2 rings (SSSR count). The number of hydrogen-bond acceptors (Lipinski definition) is 6. The van der Waals surface area contributed by atoms with Crippen LogP contribution in [0, 0.1) is 12.8 Å². The van der Waals surface area contributed by atoms with E-state index >= 15 is 0 Å². The van der Waals surface area contributed by atoms with Crippen molar-refractivity contribution >= 4 is 21.8 Å². The molecule has 0 fully saturated rings. The highest BCUT2D eigenvalue weighted by molar-refractivity contribution is 7.89. The molecule has 1 N–H and O–H groups in total. The van der Waals surface area contributed by atoms with Gasteiger partial charge >= 0.3 is 0 Å². The van der Waals surface area contributed by atoms with Crippen LogP contribution in [-0.2, 0) is 21.2 Å². The predicted octanol–water partition coefficient (Wildman–Crippen LogP) is 3.58. The molecule has 192 valence electrons. The van der Waals surface area contributed by atoms with Crippen molar-refractivity contribution in [1.29, 1.82) is 0 Å². The molecule has 2 amide bonds. The first-order valence-corrected chi connectivity index (χ1v) is 13.5. The lowest BCUT2D eigenvalue weighted by Crippen LogP contribution is -2.35. The Hall–Kier alpha value is -3.07. The van der Waals surface area contributed by atoms with Crippen molar-refractivity contribution in [3.63, 3.8) is 0 Å². The molecule has 0 saturated carbocycles. The third kappa shape index (κ3) is 8.90. The molecule has 0 aliphatic heterocycles. The first kappa shape index (κ1) is 28.2. The van der Waals surface area contributed by atoms with Gasteiger partial charge in [-0.1, -0.05) is 37.3 Å². The summed E-state index contributed by atoms with van der Waals surface area (Å²) in [5, 5.41) is 0. The van der Waals surface area contributed by atoms with Gasteiger partial charge in [0.15, 0.2) is 0 Å². The van der Waals surface area contributed by atoms with Crippen LogP contribution in [0.15, 0.2) is 42.5 Å². The van der Waals surface area contributed by atoms with Crippen molar-refractivity contribution in [2.45, 2.75) is 39.5 Å². The lowest BCUT2D eigenvalue weighted by Gasteiger charge is -2.24. The Kier molecular flexibility index (Phi) is 10.6. The van der Waals surface area contributed by atoms with Crippen LogP contribution in [0.1, 0.15) is 47.7 Å². The van der Waals surface area contributed by atoms with Gasteiger partial charge in [-0.25, -0.2) is 8.42 Å². The Labute approximate surface area is 208 Å². The summed E-state index contributed by atoms with van der Waals surface area (Å²) in [6.45, 7) is 4.52. The van der Waals surface area contributed by atoms with Crippen LogP contribution in [0.2, 0.25) is 0 Å². The van der Waals surface area contributed by atoms with Crippen LogP contribution in [0.3, 0.4) is 0 Å². The van der Waals surface area contributed by atoms with Crippen LogP contribution in [0.4, 0.5) is 0 Å². The second-order valence-electron chi connectivity index (χ2n) is 8.67.